The first-order valence-electron chi connectivity index (χ1n) is 4.34. The molecule has 0 aliphatic heterocycles. The zero-order chi connectivity index (χ0) is 9.35. The molecule has 3 nitrogen and oxygen atoms in total. The van der Waals surface area contributed by atoms with E-state index in [0.29, 0.717) is 6.04 Å². The van der Waals surface area contributed by atoms with Crippen LogP contribution in [0.5, 0.6) is 0 Å². The van der Waals surface area contributed by atoms with Crippen LogP contribution in [0.4, 0.5) is 0 Å². The number of hydrogen-bond donors (Lipinski definition) is 1. The summed E-state index contributed by atoms with van der Waals surface area (Å²) in [7, 11) is 1.87. The standard InChI is InChI=1S/C9H17NO2/c1-9(2,3)12-8(11)6-5-7(6)10-4/h6-7,10H,5H2,1-4H3. The third-order valence-corrected chi connectivity index (χ3v) is 1.87. The van der Waals surface area contributed by atoms with E-state index in [1.54, 1.807) is 0 Å². The maximum atomic E-state index is 11.3. The minimum Gasteiger partial charge on any atom is -0.460 e. The molecule has 0 aromatic heterocycles. The van der Waals surface area contributed by atoms with Crippen molar-refractivity contribution in [3.8, 4) is 0 Å². The van der Waals surface area contributed by atoms with Crippen molar-refractivity contribution >= 4 is 5.97 Å². The zero-order valence-electron chi connectivity index (χ0n) is 8.18. The van der Waals surface area contributed by atoms with Gasteiger partial charge in [-0.2, -0.15) is 0 Å². The van der Waals surface area contributed by atoms with Crippen molar-refractivity contribution in [2.24, 2.45) is 5.92 Å². The molecule has 1 aliphatic carbocycles. The van der Waals surface area contributed by atoms with Gasteiger partial charge in [0.2, 0.25) is 0 Å². The molecule has 12 heavy (non-hydrogen) atoms. The fourth-order valence-electron chi connectivity index (χ4n) is 1.15. The van der Waals surface area contributed by atoms with Crippen LogP contribution in [0.2, 0.25) is 0 Å². The van der Waals surface area contributed by atoms with Crippen LogP contribution in [-0.2, 0) is 9.53 Å². The lowest BCUT2D eigenvalue weighted by Crippen LogP contribution is -2.27. The van der Waals surface area contributed by atoms with Crippen LogP contribution in [0.25, 0.3) is 0 Å². The first-order valence-corrected chi connectivity index (χ1v) is 4.34. The van der Waals surface area contributed by atoms with Gasteiger partial charge in [0.15, 0.2) is 0 Å². The maximum Gasteiger partial charge on any atom is 0.311 e. The number of esters is 1. The topological polar surface area (TPSA) is 38.3 Å². The first kappa shape index (κ1) is 9.52. The predicted molar refractivity (Wildman–Crippen MR) is 46.8 cm³/mol. The van der Waals surface area contributed by atoms with E-state index in [-0.39, 0.29) is 17.5 Å². The normalized spacial score (nSPS) is 28.3. The van der Waals surface area contributed by atoms with E-state index < -0.39 is 0 Å². The Morgan fingerprint density at radius 2 is 2.08 bits per heavy atom. The lowest BCUT2D eigenvalue weighted by molar-refractivity contribution is -0.156. The number of carbonyl (C=O) groups is 1. The van der Waals surface area contributed by atoms with E-state index in [1.807, 2.05) is 27.8 Å². The van der Waals surface area contributed by atoms with E-state index in [0.717, 1.165) is 6.42 Å². The van der Waals surface area contributed by atoms with Crippen LogP contribution in [0.1, 0.15) is 27.2 Å². The summed E-state index contributed by atoms with van der Waals surface area (Å²) < 4.78 is 5.21. The number of rotatable bonds is 2. The van der Waals surface area contributed by atoms with Gasteiger partial charge >= 0.3 is 5.97 Å². The molecule has 1 N–H and O–H groups in total. The summed E-state index contributed by atoms with van der Waals surface area (Å²) in [5, 5.41) is 3.05. The molecule has 3 heteroatoms. The second-order valence-electron chi connectivity index (χ2n) is 4.27. The molecule has 0 radical (unpaired) electrons. The Balaban J connectivity index is 2.32. The summed E-state index contributed by atoms with van der Waals surface area (Å²) in [5.74, 6) is 0.0241. The van der Waals surface area contributed by atoms with E-state index in [2.05, 4.69) is 5.32 Å². The molecule has 2 unspecified atom stereocenters. The highest BCUT2D eigenvalue weighted by molar-refractivity contribution is 5.77. The van der Waals surface area contributed by atoms with Crippen molar-refractivity contribution in [1.29, 1.82) is 0 Å². The number of carbonyl (C=O) groups excluding carboxylic acids is 1. The SMILES string of the molecule is CNC1CC1C(=O)OC(C)(C)C. The summed E-state index contributed by atoms with van der Waals surface area (Å²) in [6.45, 7) is 5.67. The first-order chi connectivity index (χ1) is 5.44. The van der Waals surface area contributed by atoms with Gasteiger partial charge in [0.1, 0.15) is 5.60 Å². The van der Waals surface area contributed by atoms with Crippen molar-refractivity contribution in [3.05, 3.63) is 0 Å². The monoisotopic (exact) mass is 171 g/mol. The van der Waals surface area contributed by atoms with Crippen molar-refractivity contribution in [2.45, 2.75) is 38.8 Å². The van der Waals surface area contributed by atoms with Crippen LogP contribution in [0, 0.1) is 5.92 Å². The molecule has 1 fully saturated rings. The fourth-order valence-corrected chi connectivity index (χ4v) is 1.15. The highest BCUT2D eigenvalue weighted by Crippen LogP contribution is 2.32. The van der Waals surface area contributed by atoms with E-state index in [1.165, 1.54) is 0 Å². The molecule has 1 saturated carbocycles. The minimum atomic E-state index is -0.349. The Morgan fingerprint density at radius 1 is 1.50 bits per heavy atom. The number of ether oxygens (including phenoxy) is 1. The second-order valence-corrected chi connectivity index (χ2v) is 4.27. The van der Waals surface area contributed by atoms with Gasteiger partial charge in [-0.1, -0.05) is 0 Å². The Bertz CT molecular complexity index is 183. The largest absolute Gasteiger partial charge is 0.460 e. The van der Waals surface area contributed by atoms with Gasteiger partial charge in [-0.25, -0.2) is 0 Å². The molecule has 0 bridgehead atoms. The number of nitrogens with one attached hydrogen (secondary N) is 1. The smallest absolute Gasteiger partial charge is 0.311 e. The zero-order valence-corrected chi connectivity index (χ0v) is 8.18. The summed E-state index contributed by atoms with van der Waals surface area (Å²) >= 11 is 0. The fraction of sp³-hybridized carbons (Fsp3) is 0.889. The van der Waals surface area contributed by atoms with Crippen LogP contribution in [0.15, 0.2) is 0 Å². The van der Waals surface area contributed by atoms with Crippen LogP contribution >= 0.6 is 0 Å². The van der Waals surface area contributed by atoms with Crippen LogP contribution in [0.3, 0.4) is 0 Å². The molecule has 70 valence electrons. The van der Waals surface area contributed by atoms with Crippen molar-refractivity contribution in [3.63, 3.8) is 0 Å². The maximum absolute atomic E-state index is 11.3. The lowest BCUT2D eigenvalue weighted by Gasteiger charge is -2.19. The molecule has 0 saturated heterocycles. The molecule has 2 atom stereocenters. The van der Waals surface area contributed by atoms with Gasteiger partial charge < -0.3 is 10.1 Å². The van der Waals surface area contributed by atoms with Crippen molar-refractivity contribution in [1.82, 2.24) is 5.32 Å². The molecule has 0 spiro atoms. The summed E-state index contributed by atoms with van der Waals surface area (Å²) in [5.41, 5.74) is -0.349. The van der Waals surface area contributed by atoms with Gasteiger partial charge in [-0.15, -0.1) is 0 Å². The third kappa shape index (κ3) is 2.48. The molecule has 0 heterocycles. The van der Waals surface area contributed by atoms with Crippen molar-refractivity contribution < 1.29 is 9.53 Å². The third-order valence-electron chi connectivity index (χ3n) is 1.87. The Labute approximate surface area is 73.5 Å². The second kappa shape index (κ2) is 3.05. The Morgan fingerprint density at radius 3 is 2.42 bits per heavy atom. The quantitative estimate of drug-likeness (QED) is 0.628. The van der Waals surface area contributed by atoms with Gasteiger partial charge in [0.25, 0.3) is 0 Å². The molecule has 1 rings (SSSR count). The van der Waals surface area contributed by atoms with Crippen LogP contribution < -0.4 is 5.32 Å². The van der Waals surface area contributed by atoms with Gasteiger partial charge in [0, 0.05) is 6.04 Å². The summed E-state index contributed by atoms with van der Waals surface area (Å²) in [6, 6.07) is 0.347. The Hall–Kier alpha value is -0.570. The van der Waals surface area contributed by atoms with E-state index >= 15 is 0 Å². The van der Waals surface area contributed by atoms with Gasteiger partial charge in [0.05, 0.1) is 5.92 Å². The summed E-state index contributed by atoms with van der Waals surface area (Å²) in [4.78, 5) is 11.3. The minimum absolute atomic E-state index is 0.0677. The molecule has 0 aromatic carbocycles. The highest BCUT2D eigenvalue weighted by atomic mass is 16.6. The van der Waals surface area contributed by atoms with Gasteiger partial charge in [-0.05, 0) is 34.2 Å². The van der Waals surface area contributed by atoms with Crippen molar-refractivity contribution in [2.75, 3.05) is 7.05 Å². The Kier molecular flexibility index (Phi) is 2.42. The molecular formula is C9H17NO2. The molecule has 1 aliphatic rings. The lowest BCUT2D eigenvalue weighted by atomic mass is 10.2. The number of hydrogen-bond acceptors (Lipinski definition) is 3. The van der Waals surface area contributed by atoms with E-state index in [4.69, 9.17) is 4.74 Å². The highest BCUT2D eigenvalue weighted by Gasteiger charge is 2.44. The average Bonchev–Trinajstić information content (AvgIpc) is 2.60. The predicted octanol–water partition coefficient (Wildman–Crippen LogP) is 0.936. The molecular weight excluding hydrogens is 154 g/mol. The van der Waals surface area contributed by atoms with Crippen LogP contribution in [-0.4, -0.2) is 24.7 Å². The average molecular weight is 171 g/mol. The molecule has 0 amide bonds. The molecule has 0 aromatic rings. The van der Waals surface area contributed by atoms with Gasteiger partial charge in [-0.3, -0.25) is 4.79 Å². The summed E-state index contributed by atoms with van der Waals surface area (Å²) in [6.07, 6.45) is 0.922. The van der Waals surface area contributed by atoms with E-state index in [9.17, 15) is 4.79 Å².